The normalized spacial score (nSPS) is 16.9. The van der Waals surface area contributed by atoms with E-state index < -0.39 is 59.7 Å². The Morgan fingerprint density at radius 2 is 1.52 bits per heavy atom. The van der Waals surface area contributed by atoms with Crippen LogP contribution >= 0.6 is 0 Å². The molecule has 6 N–H and O–H groups in total. The predicted molar refractivity (Wildman–Crippen MR) is 180 cm³/mol. The zero-order valence-corrected chi connectivity index (χ0v) is 27.1. The topological polar surface area (TPSA) is 214 Å². The number of hydrogen-bond donors (Lipinski definition) is 5. The van der Waals surface area contributed by atoms with Crippen molar-refractivity contribution in [3.63, 3.8) is 0 Å². The number of urea groups is 1. The van der Waals surface area contributed by atoms with Crippen molar-refractivity contribution in [1.29, 1.82) is 5.41 Å². The fourth-order valence-corrected chi connectivity index (χ4v) is 6.03. The third-order valence-corrected chi connectivity index (χ3v) is 8.64. The fourth-order valence-electron chi connectivity index (χ4n) is 6.03. The van der Waals surface area contributed by atoms with Gasteiger partial charge in [0.25, 0.3) is 5.91 Å². The van der Waals surface area contributed by atoms with Gasteiger partial charge in [0.05, 0.1) is 6.42 Å². The number of aliphatic carboxylic acids is 2. The number of hydrazine groups is 1. The van der Waals surface area contributed by atoms with Crippen molar-refractivity contribution in [2.24, 2.45) is 5.73 Å². The fraction of sp³-hybridized carbons (Fsp3) is 0.194. The molecule has 4 aromatic rings. The molecule has 5 rings (SSSR count). The van der Waals surface area contributed by atoms with Crippen LogP contribution in [-0.2, 0) is 36.1 Å². The van der Waals surface area contributed by atoms with Crippen molar-refractivity contribution < 1.29 is 39.0 Å². The summed E-state index contributed by atoms with van der Waals surface area (Å²) in [7, 11) is 0. The third kappa shape index (κ3) is 6.58. The first kappa shape index (κ1) is 34.8. The average molecular weight is 679 g/mol. The number of carboxylic acids is 2. The molecule has 0 radical (unpaired) electrons. The largest absolute Gasteiger partial charge is 0.481 e. The first-order chi connectivity index (χ1) is 23.7. The molecule has 0 aliphatic carbocycles. The Balaban J connectivity index is 1.60. The van der Waals surface area contributed by atoms with Crippen LogP contribution in [0.2, 0.25) is 0 Å². The number of carbonyl (C=O) groups excluding carboxylic acids is 4. The Kier molecular flexibility index (Phi) is 9.65. The van der Waals surface area contributed by atoms with Gasteiger partial charge in [0.2, 0.25) is 11.8 Å². The van der Waals surface area contributed by atoms with Gasteiger partial charge in [-0.1, -0.05) is 91.0 Å². The summed E-state index contributed by atoms with van der Waals surface area (Å²) in [6, 6.07) is 21.9. The summed E-state index contributed by atoms with van der Waals surface area (Å²) in [5.41, 5.74) is 5.24. The molecule has 3 atom stereocenters. The number of nitrogens with two attached hydrogens (primary N) is 1. The molecule has 1 heterocycles. The number of amidine groups is 1. The SMILES string of the molecule is CC(=O)N([C@@H](CC(=O)O)C(=O)N[C@H](C(=O)O)c1ccccc1)N1C(=O)N(Cc2ccc3ccccc3c2)[C@@](C)(c2ccc(C(=N)N)cc2)C1=O. The Morgan fingerprint density at radius 1 is 0.900 bits per heavy atom. The maximum absolute atomic E-state index is 14.6. The van der Waals surface area contributed by atoms with Crippen LogP contribution in [0, 0.1) is 5.41 Å². The lowest BCUT2D eigenvalue weighted by Crippen LogP contribution is -2.60. The zero-order valence-electron chi connectivity index (χ0n) is 27.1. The van der Waals surface area contributed by atoms with E-state index in [2.05, 4.69) is 5.32 Å². The second kappa shape index (κ2) is 13.9. The van der Waals surface area contributed by atoms with Gasteiger partial charge in [-0.3, -0.25) is 29.5 Å². The molecule has 50 heavy (non-hydrogen) atoms. The molecule has 1 saturated heterocycles. The number of carbonyl (C=O) groups is 6. The van der Waals surface area contributed by atoms with E-state index in [4.69, 9.17) is 11.1 Å². The monoisotopic (exact) mass is 678 g/mol. The number of nitrogens with zero attached hydrogens (tertiary/aromatic N) is 3. The molecule has 0 unspecified atom stereocenters. The van der Waals surface area contributed by atoms with Gasteiger partial charge in [-0.15, -0.1) is 0 Å². The number of imide groups is 1. The van der Waals surface area contributed by atoms with E-state index in [0.717, 1.165) is 17.7 Å². The highest BCUT2D eigenvalue weighted by atomic mass is 16.4. The number of nitrogens with one attached hydrogen (secondary N) is 2. The van der Waals surface area contributed by atoms with Gasteiger partial charge in [0.15, 0.2) is 6.04 Å². The van der Waals surface area contributed by atoms with Crippen molar-refractivity contribution in [1.82, 2.24) is 20.2 Å². The molecule has 0 saturated carbocycles. The Bertz CT molecular complexity index is 2020. The van der Waals surface area contributed by atoms with Gasteiger partial charge in [-0.05, 0) is 40.5 Å². The zero-order chi connectivity index (χ0) is 36.3. The summed E-state index contributed by atoms with van der Waals surface area (Å²) in [5, 5.41) is 32.5. The van der Waals surface area contributed by atoms with Gasteiger partial charge in [0.1, 0.15) is 17.4 Å². The summed E-state index contributed by atoms with van der Waals surface area (Å²) in [4.78, 5) is 81.7. The van der Waals surface area contributed by atoms with E-state index in [1.807, 2.05) is 36.4 Å². The van der Waals surface area contributed by atoms with Crippen LogP contribution in [-0.4, -0.2) is 72.7 Å². The van der Waals surface area contributed by atoms with Crippen molar-refractivity contribution in [3.8, 4) is 0 Å². The first-order valence-electron chi connectivity index (χ1n) is 15.4. The molecule has 14 nitrogen and oxygen atoms in total. The molecule has 0 spiro atoms. The second-order valence-corrected chi connectivity index (χ2v) is 11.9. The van der Waals surface area contributed by atoms with Gasteiger partial charge in [0, 0.05) is 19.0 Å². The maximum Gasteiger partial charge on any atom is 0.347 e. The van der Waals surface area contributed by atoms with E-state index in [1.165, 1.54) is 48.2 Å². The lowest BCUT2D eigenvalue weighted by atomic mass is 9.89. The summed E-state index contributed by atoms with van der Waals surface area (Å²) in [6.45, 7) is 2.27. The minimum absolute atomic E-state index is 0.145. The number of hydrogen-bond acceptors (Lipinski definition) is 7. The van der Waals surface area contributed by atoms with Crippen LogP contribution in [0.5, 0.6) is 0 Å². The molecule has 1 fully saturated rings. The molecular formula is C36H34N6O8. The average Bonchev–Trinajstić information content (AvgIpc) is 3.27. The number of carboxylic acid groups (broad SMARTS) is 2. The molecule has 0 aromatic heterocycles. The quantitative estimate of drug-likeness (QED) is 0.0843. The number of amides is 5. The summed E-state index contributed by atoms with van der Waals surface area (Å²) in [6.07, 6.45) is -1.07. The van der Waals surface area contributed by atoms with Crippen molar-refractivity contribution in [2.75, 3.05) is 0 Å². The van der Waals surface area contributed by atoms with Crippen LogP contribution in [0.1, 0.15) is 48.6 Å². The maximum atomic E-state index is 14.6. The molecule has 5 amide bonds. The van der Waals surface area contributed by atoms with Crippen molar-refractivity contribution in [2.45, 2.75) is 44.4 Å². The van der Waals surface area contributed by atoms with Crippen LogP contribution in [0.15, 0.2) is 97.1 Å². The van der Waals surface area contributed by atoms with E-state index in [9.17, 15) is 39.0 Å². The Hall–Kier alpha value is -6.57. The molecule has 1 aliphatic rings. The molecule has 4 aromatic carbocycles. The number of nitrogen functional groups attached to an aromatic ring is 1. The van der Waals surface area contributed by atoms with E-state index in [0.29, 0.717) is 21.1 Å². The van der Waals surface area contributed by atoms with Crippen molar-refractivity contribution in [3.05, 3.63) is 119 Å². The lowest BCUT2D eigenvalue weighted by molar-refractivity contribution is -0.166. The van der Waals surface area contributed by atoms with Crippen molar-refractivity contribution >= 4 is 52.3 Å². The Morgan fingerprint density at radius 3 is 2.10 bits per heavy atom. The summed E-state index contributed by atoms with van der Waals surface area (Å²) < 4.78 is 0. The predicted octanol–water partition coefficient (Wildman–Crippen LogP) is 3.35. The van der Waals surface area contributed by atoms with E-state index in [-0.39, 0.29) is 23.5 Å². The van der Waals surface area contributed by atoms with Crippen LogP contribution in [0.3, 0.4) is 0 Å². The molecule has 0 bridgehead atoms. The Labute approximate surface area is 286 Å². The number of fused-ring (bicyclic) bond motifs is 1. The summed E-state index contributed by atoms with van der Waals surface area (Å²) >= 11 is 0. The lowest BCUT2D eigenvalue weighted by Gasteiger charge is -2.35. The standard InChI is InChI=1S/C36H34N6O8/c1-21(43)41(28(19-29(44)45)32(46)39-30(33(47)48)24-9-4-3-5-10-24)42-34(49)36(2,27-16-14-25(15-17-27)31(37)38)40(35(42)50)20-22-12-13-23-8-6-7-11-26(23)18-22/h3-18,28,30H,19-20H2,1-2H3,(H3,37,38)(H,39,46)(H,44,45)(H,47,48)/t28-,30-,36-/m0/s1. The highest BCUT2D eigenvalue weighted by molar-refractivity contribution is 6.09. The third-order valence-electron chi connectivity index (χ3n) is 8.64. The first-order valence-corrected chi connectivity index (χ1v) is 15.4. The van der Waals surface area contributed by atoms with Gasteiger partial charge >= 0.3 is 18.0 Å². The van der Waals surface area contributed by atoms with E-state index >= 15 is 0 Å². The minimum Gasteiger partial charge on any atom is -0.481 e. The van der Waals surface area contributed by atoms with Gasteiger partial charge < -0.3 is 21.3 Å². The van der Waals surface area contributed by atoms with Crippen LogP contribution in [0.4, 0.5) is 4.79 Å². The summed E-state index contributed by atoms with van der Waals surface area (Å²) in [5.74, 6) is -6.48. The second-order valence-electron chi connectivity index (χ2n) is 11.9. The molecule has 14 heteroatoms. The highest BCUT2D eigenvalue weighted by Crippen LogP contribution is 2.40. The minimum atomic E-state index is -2.02. The number of benzene rings is 4. The van der Waals surface area contributed by atoms with Gasteiger partial charge in [-0.25, -0.2) is 14.6 Å². The van der Waals surface area contributed by atoms with E-state index in [1.54, 1.807) is 24.3 Å². The van der Waals surface area contributed by atoms with Crippen LogP contribution in [0.25, 0.3) is 10.8 Å². The highest BCUT2D eigenvalue weighted by Gasteiger charge is 2.59. The smallest absolute Gasteiger partial charge is 0.347 e. The number of rotatable bonds is 12. The molecule has 1 aliphatic heterocycles. The molecule has 256 valence electrons. The van der Waals surface area contributed by atoms with Crippen LogP contribution < -0.4 is 11.1 Å². The van der Waals surface area contributed by atoms with Gasteiger partial charge in [-0.2, -0.15) is 5.01 Å². The molecular weight excluding hydrogens is 644 g/mol.